The van der Waals surface area contributed by atoms with Crippen LogP contribution in [-0.4, -0.2) is 29.3 Å². The van der Waals surface area contributed by atoms with Gasteiger partial charge in [0.15, 0.2) is 5.82 Å². The number of esters is 1. The van der Waals surface area contributed by atoms with Gasteiger partial charge in [0.2, 0.25) is 0 Å². The van der Waals surface area contributed by atoms with E-state index in [0.29, 0.717) is 5.56 Å². The van der Waals surface area contributed by atoms with Gasteiger partial charge < -0.3 is 4.74 Å². The van der Waals surface area contributed by atoms with Crippen LogP contribution in [0.15, 0.2) is 35.7 Å². The first-order chi connectivity index (χ1) is 12.3. The zero-order valence-corrected chi connectivity index (χ0v) is 14.5. The van der Waals surface area contributed by atoms with Crippen molar-refractivity contribution in [2.24, 2.45) is 5.10 Å². The molecule has 4 rings (SSSR count). The average molecular weight is 352 g/mol. The summed E-state index contributed by atoms with van der Waals surface area (Å²) in [6.45, 7) is 0. The largest absolute Gasteiger partial charge is 0.465 e. The Morgan fingerprint density at radius 2 is 2.12 bits per heavy atom. The first kappa shape index (κ1) is 15.7. The van der Waals surface area contributed by atoms with Crippen LogP contribution in [0.5, 0.6) is 0 Å². The maximum Gasteiger partial charge on any atom is 0.337 e. The fourth-order valence-corrected chi connectivity index (χ4v) is 4.23. The van der Waals surface area contributed by atoms with Gasteiger partial charge in [0, 0.05) is 4.88 Å². The van der Waals surface area contributed by atoms with Crippen molar-refractivity contribution in [3.63, 3.8) is 0 Å². The molecular formula is C18H16N4O2S. The second kappa shape index (κ2) is 6.60. The first-order valence-corrected chi connectivity index (χ1v) is 8.80. The molecule has 1 N–H and O–H groups in total. The van der Waals surface area contributed by atoms with Crippen molar-refractivity contribution < 1.29 is 9.53 Å². The van der Waals surface area contributed by atoms with Gasteiger partial charge in [0.05, 0.1) is 24.3 Å². The lowest BCUT2D eigenvalue weighted by atomic mass is 10.1. The molecule has 0 saturated heterocycles. The van der Waals surface area contributed by atoms with E-state index in [1.165, 1.54) is 24.0 Å². The molecule has 0 aliphatic heterocycles. The zero-order valence-electron chi connectivity index (χ0n) is 13.7. The van der Waals surface area contributed by atoms with Crippen molar-refractivity contribution in [3.05, 3.63) is 52.2 Å². The van der Waals surface area contributed by atoms with Crippen LogP contribution in [0.25, 0.3) is 10.2 Å². The molecule has 7 heteroatoms. The minimum absolute atomic E-state index is 0.351. The van der Waals surface area contributed by atoms with Crippen molar-refractivity contribution in [1.29, 1.82) is 0 Å². The van der Waals surface area contributed by atoms with Gasteiger partial charge in [-0.2, -0.15) is 5.10 Å². The molecule has 0 atom stereocenters. The highest BCUT2D eigenvalue weighted by Gasteiger charge is 2.20. The van der Waals surface area contributed by atoms with E-state index in [1.54, 1.807) is 36.0 Å². The van der Waals surface area contributed by atoms with Crippen LogP contribution in [0.3, 0.4) is 0 Å². The number of aromatic nitrogens is 2. The van der Waals surface area contributed by atoms with Crippen molar-refractivity contribution in [2.45, 2.75) is 19.3 Å². The van der Waals surface area contributed by atoms with E-state index in [1.807, 2.05) is 12.1 Å². The van der Waals surface area contributed by atoms with Crippen molar-refractivity contribution in [1.82, 2.24) is 9.97 Å². The van der Waals surface area contributed by atoms with Gasteiger partial charge in [-0.05, 0) is 42.5 Å². The smallest absolute Gasteiger partial charge is 0.337 e. The predicted molar refractivity (Wildman–Crippen MR) is 98.4 cm³/mol. The number of ether oxygens (including phenoxy) is 1. The Bertz CT molecular complexity index is 963. The van der Waals surface area contributed by atoms with Gasteiger partial charge in [0.1, 0.15) is 11.2 Å². The molecule has 0 amide bonds. The van der Waals surface area contributed by atoms with E-state index in [2.05, 4.69) is 25.2 Å². The zero-order chi connectivity index (χ0) is 17.2. The fourth-order valence-electron chi connectivity index (χ4n) is 3.00. The minimum atomic E-state index is -0.351. The monoisotopic (exact) mass is 352 g/mol. The van der Waals surface area contributed by atoms with Crippen LogP contribution in [0.2, 0.25) is 0 Å². The average Bonchev–Trinajstić information content (AvgIpc) is 3.23. The fraction of sp³-hybridized carbons (Fsp3) is 0.222. The molecule has 6 nitrogen and oxygen atoms in total. The summed E-state index contributed by atoms with van der Waals surface area (Å²) in [6.07, 6.45) is 6.67. The number of thiophene rings is 1. The molecule has 0 fully saturated rings. The molecule has 0 radical (unpaired) electrons. The Morgan fingerprint density at radius 1 is 1.28 bits per heavy atom. The number of rotatable bonds is 4. The second-order valence-electron chi connectivity index (χ2n) is 5.74. The highest BCUT2D eigenvalue weighted by atomic mass is 32.1. The summed E-state index contributed by atoms with van der Waals surface area (Å²) in [6, 6.07) is 7.05. The number of hydrogen-bond acceptors (Lipinski definition) is 7. The highest BCUT2D eigenvalue weighted by molar-refractivity contribution is 7.19. The molecule has 0 saturated carbocycles. The summed E-state index contributed by atoms with van der Waals surface area (Å²) >= 11 is 1.75. The molecule has 2 heterocycles. The Kier molecular flexibility index (Phi) is 4.15. The Balaban J connectivity index is 1.54. The van der Waals surface area contributed by atoms with Crippen molar-refractivity contribution in [2.75, 3.05) is 12.5 Å². The second-order valence-corrected chi connectivity index (χ2v) is 6.83. The minimum Gasteiger partial charge on any atom is -0.465 e. The summed E-state index contributed by atoms with van der Waals surface area (Å²) in [5.41, 5.74) is 5.78. The number of methoxy groups -OCH3 is 1. The Labute approximate surface area is 148 Å². The topological polar surface area (TPSA) is 76.5 Å². The van der Waals surface area contributed by atoms with E-state index >= 15 is 0 Å². The van der Waals surface area contributed by atoms with Gasteiger partial charge in [-0.15, -0.1) is 11.3 Å². The number of aryl methyl sites for hydroxylation is 2. The number of anilines is 1. The molecule has 126 valence electrons. The summed E-state index contributed by atoms with van der Waals surface area (Å²) in [5.74, 6) is 0.392. The predicted octanol–water partition coefficient (Wildman–Crippen LogP) is 3.41. The molecule has 1 aromatic carbocycles. The van der Waals surface area contributed by atoms with Crippen molar-refractivity contribution >= 4 is 39.6 Å². The van der Waals surface area contributed by atoms with Crippen LogP contribution in [0, 0.1) is 0 Å². The third-order valence-corrected chi connectivity index (χ3v) is 5.42. The molecule has 2 aromatic heterocycles. The van der Waals surface area contributed by atoms with E-state index in [9.17, 15) is 4.79 Å². The summed E-state index contributed by atoms with van der Waals surface area (Å²) in [4.78, 5) is 22.6. The first-order valence-electron chi connectivity index (χ1n) is 7.99. The van der Waals surface area contributed by atoms with Gasteiger partial charge in [-0.3, -0.25) is 5.43 Å². The van der Waals surface area contributed by atoms with Crippen LogP contribution in [-0.2, 0) is 17.6 Å². The summed E-state index contributed by atoms with van der Waals surface area (Å²) in [7, 11) is 1.37. The maximum atomic E-state index is 11.4. The quantitative estimate of drug-likeness (QED) is 0.442. The number of benzene rings is 1. The van der Waals surface area contributed by atoms with E-state index < -0.39 is 0 Å². The summed E-state index contributed by atoms with van der Waals surface area (Å²) < 4.78 is 4.69. The van der Waals surface area contributed by atoms with Crippen LogP contribution >= 0.6 is 11.3 Å². The molecule has 0 spiro atoms. The number of hydrogen-bond donors (Lipinski definition) is 1. The van der Waals surface area contributed by atoms with E-state index in [0.717, 1.165) is 34.4 Å². The molecule has 3 aromatic rings. The van der Waals surface area contributed by atoms with Crippen molar-refractivity contribution in [3.8, 4) is 0 Å². The lowest BCUT2D eigenvalue weighted by Gasteiger charge is -2.03. The third kappa shape index (κ3) is 2.98. The molecule has 1 aliphatic carbocycles. The maximum absolute atomic E-state index is 11.4. The van der Waals surface area contributed by atoms with E-state index in [4.69, 9.17) is 0 Å². The lowest BCUT2D eigenvalue weighted by molar-refractivity contribution is 0.0600. The number of carbonyl (C=O) groups excluding carboxylic acids is 1. The number of nitrogens with zero attached hydrogens (tertiary/aromatic N) is 3. The Morgan fingerprint density at radius 3 is 2.92 bits per heavy atom. The molecule has 25 heavy (non-hydrogen) atoms. The normalized spacial score (nSPS) is 13.3. The van der Waals surface area contributed by atoms with E-state index in [-0.39, 0.29) is 5.97 Å². The standard InChI is InChI=1S/C18H16N4O2S/c1-24-18(23)12-7-5-11(6-8-12)9-21-22-16-15-13-3-2-4-14(13)25-17(15)20-10-19-16/h5-10H,2-4H2,1H3,(H,19,20,22)/b21-9-. The Hall–Kier alpha value is -2.80. The van der Waals surface area contributed by atoms with Gasteiger partial charge in [-0.25, -0.2) is 14.8 Å². The third-order valence-electron chi connectivity index (χ3n) is 4.22. The lowest BCUT2D eigenvalue weighted by Crippen LogP contribution is -2.01. The van der Waals surface area contributed by atoms with Crippen LogP contribution in [0.4, 0.5) is 5.82 Å². The van der Waals surface area contributed by atoms with Gasteiger partial charge in [-0.1, -0.05) is 12.1 Å². The number of hydrazone groups is 1. The highest BCUT2D eigenvalue weighted by Crippen LogP contribution is 2.38. The number of nitrogens with one attached hydrogen (secondary N) is 1. The van der Waals surface area contributed by atoms with Gasteiger partial charge in [0.25, 0.3) is 0 Å². The molecule has 1 aliphatic rings. The SMILES string of the molecule is COC(=O)c1ccc(/C=N\Nc2ncnc3sc4c(c23)CCC4)cc1. The number of carbonyl (C=O) groups is 1. The van der Waals surface area contributed by atoms with Crippen LogP contribution < -0.4 is 5.43 Å². The van der Waals surface area contributed by atoms with Gasteiger partial charge >= 0.3 is 5.97 Å². The molecule has 0 bridgehead atoms. The molecule has 0 unspecified atom stereocenters. The number of fused-ring (bicyclic) bond motifs is 3. The van der Waals surface area contributed by atoms with Crippen LogP contribution in [0.1, 0.15) is 32.8 Å². The summed E-state index contributed by atoms with van der Waals surface area (Å²) in [5, 5.41) is 5.38. The molecular weight excluding hydrogens is 336 g/mol.